The third kappa shape index (κ3) is 4.47. The van der Waals surface area contributed by atoms with Crippen LogP contribution in [0.15, 0.2) is 44.4 Å². The normalized spacial score (nSPS) is 12.8. The summed E-state index contributed by atoms with van der Waals surface area (Å²) in [5.74, 6) is 1.07. The average molecular weight is 486 g/mol. The molecule has 3 rings (SSSR count). The highest BCUT2D eigenvalue weighted by Crippen LogP contribution is 2.38. The summed E-state index contributed by atoms with van der Waals surface area (Å²) in [4.78, 5) is 11.9. The molecule has 7 nitrogen and oxygen atoms in total. The number of nitrogens with zero attached hydrogens (tertiary/aromatic N) is 1. The second-order valence-electron chi connectivity index (χ2n) is 5.19. The molecule has 0 unspecified atom stereocenters. The van der Waals surface area contributed by atoms with Crippen LogP contribution in [0.3, 0.4) is 0 Å². The van der Waals surface area contributed by atoms with E-state index in [-0.39, 0.29) is 12.4 Å². The predicted octanol–water partition coefficient (Wildman–Crippen LogP) is 3.22. The fourth-order valence-electron chi connectivity index (χ4n) is 2.19. The SMILES string of the molecule is O=C(COc1cccc2c1OCCO2)NN=Cc1cc(Br)cc(Br)c1O. The first-order valence-corrected chi connectivity index (χ1v) is 9.14. The van der Waals surface area contributed by atoms with E-state index in [1.807, 2.05) is 0 Å². The van der Waals surface area contributed by atoms with E-state index in [1.54, 1.807) is 30.3 Å². The summed E-state index contributed by atoms with van der Waals surface area (Å²) in [5.41, 5.74) is 2.78. The van der Waals surface area contributed by atoms with Gasteiger partial charge in [0.15, 0.2) is 18.1 Å². The topological polar surface area (TPSA) is 89.4 Å². The minimum absolute atomic E-state index is 0.0236. The van der Waals surface area contributed by atoms with Gasteiger partial charge < -0.3 is 19.3 Å². The van der Waals surface area contributed by atoms with Crippen LogP contribution in [0.1, 0.15) is 5.56 Å². The van der Waals surface area contributed by atoms with E-state index in [9.17, 15) is 9.90 Å². The number of carbonyl (C=O) groups excluding carboxylic acids is 1. The van der Waals surface area contributed by atoms with Crippen molar-refractivity contribution < 1.29 is 24.1 Å². The van der Waals surface area contributed by atoms with Crippen molar-refractivity contribution in [1.29, 1.82) is 0 Å². The minimum Gasteiger partial charge on any atom is -0.506 e. The summed E-state index contributed by atoms with van der Waals surface area (Å²) in [5, 5.41) is 13.8. The molecule has 0 saturated heterocycles. The highest BCUT2D eigenvalue weighted by atomic mass is 79.9. The van der Waals surface area contributed by atoms with Crippen LogP contribution in [0.5, 0.6) is 23.0 Å². The largest absolute Gasteiger partial charge is 0.506 e. The third-order valence-corrected chi connectivity index (χ3v) is 4.40. The number of hydrazone groups is 1. The number of hydrogen-bond acceptors (Lipinski definition) is 6. The van der Waals surface area contributed by atoms with E-state index in [2.05, 4.69) is 42.4 Å². The lowest BCUT2D eigenvalue weighted by Gasteiger charge is -2.20. The van der Waals surface area contributed by atoms with E-state index in [4.69, 9.17) is 14.2 Å². The van der Waals surface area contributed by atoms with Crippen molar-refractivity contribution >= 4 is 44.0 Å². The molecule has 9 heteroatoms. The Labute approximate surface area is 166 Å². The first-order valence-electron chi connectivity index (χ1n) is 7.56. The van der Waals surface area contributed by atoms with Crippen LogP contribution >= 0.6 is 31.9 Å². The fourth-order valence-corrected chi connectivity index (χ4v) is 3.45. The van der Waals surface area contributed by atoms with Gasteiger partial charge in [0.1, 0.15) is 19.0 Å². The van der Waals surface area contributed by atoms with Gasteiger partial charge >= 0.3 is 0 Å². The van der Waals surface area contributed by atoms with Crippen molar-refractivity contribution in [3.8, 4) is 23.0 Å². The third-order valence-electron chi connectivity index (χ3n) is 3.34. The molecular weight excluding hydrogens is 472 g/mol. The number of benzene rings is 2. The molecule has 0 saturated carbocycles. The van der Waals surface area contributed by atoms with Crippen LogP contribution < -0.4 is 19.6 Å². The monoisotopic (exact) mass is 484 g/mol. The highest BCUT2D eigenvalue weighted by Gasteiger charge is 2.17. The molecule has 1 amide bonds. The van der Waals surface area contributed by atoms with Crippen molar-refractivity contribution in [1.82, 2.24) is 5.43 Å². The van der Waals surface area contributed by atoms with Crippen molar-refractivity contribution in [2.24, 2.45) is 5.10 Å². The second kappa shape index (κ2) is 8.41. The molecule has 2 aromatic rings. The average Bonchev–Trinajstić information content (AvgIpc) is 2.63. The Kier molecular flexibility index (Phi) is 6.00. The standard InChI is InChI=1S/C17H14Br2N2O5/c18-11-6-10(16(23)12(19)7-11)8-20-21-15(22)9-26-14-3-1-2-13-17(14)25-5-4-24-13/h1-3,6-8,23H,4-5,9H2,(H,21,22). The number of fused-ring (bicyclic) bond motifs is 1. The van der Waals surface area contributed by atoms with Gasteiger partial charge in [-0.05, 0) is 40.2 Å². The number of hydrogen-bond donors (Lipinski definition) is 2. The first-order chi connectivity index (χ1) is 12.5. The lowest BCUT2D eigenvalue weighted by Crippen LogP contribution is -2.25. The number of phenolic OH excluding ortho intramolecular Hbond substituents is 1. The number of halogens is 2. The predicted molar refractivity (Wildman–Crippen MR) is 102 cm³/mol. The second-order valence-corrected chi connectivity index (χ2v) is 6.96. The molecule has 1 aliphatic rings. The molecule has 2 N–H and O–H groups in total. The Balaban J connectivity index is 1.57. The molecule has 1 heterocycles. The van der Waals surface area contributed by atoms with Gasteiger partial charge in [-0.2, -0.15) is 5.10 Å². The van der Waals surface area contributed by atoms with Gasteiger partial charge in [-0.25, -0.2) is 5.43 Å². The zero-order chi connectivity index (χ0) is 18.5. The molecular formula is C17H14Br2N2O5. The van der Waals surface area contributed by atoms with Crippen LogP contribution in [-0.4, -0.2) is 37.0 Å². The van der Waals surface area contributed by atoms with Gasteiger partial charge in [-0.15, -0.1) is 0 Å². The molecule has 0 fully saturated rings. The summed E-state index contributed by atoms with van der Waals surface area (Å²) in [6.07, 6.45) is 1.34. The number of rotatable bonds is 5. The zero-order valence-electron chi connectivity index (χ0n) is 13.4. The van der Waals surface area contributed by atoms with Crippen molar-refractivity contribution in [2.45, 2.75) is 0 Å². The summed E-state index contributed by atoms with van der Waals surface area (Å²) < 4.78 is 17.7. The molecule has 0 spiro atoms. The molecule has 0 aromatic heterocycles. The number of para-hydroxylation sites is 1. The first kappa shape index (κ1) is 18.5. The van der Waals surface area contributed by atoms with E-state index in [1.165, 1.54) is 6.21 Å². The van der Waals surface area contributed by atoms with Gasteiger partial charge in [0.2, 0.25) is 5.75 Å². The number of phenols is 1. The molecule has 2 aromatic carbocycles. The Morgan fingerprint density at radius 2 is 2.12 bits per heavy atom. The highest BCUT2D eigenvalue weighted by molar-refractivity contribution is 9.11. The van der Waals surface area contributed by atoms with Crippen molar-refractivity contribution in [3.63, 3.8) is 0 Å². The number of carbonyl (C=O) groups is 1. The molecule has 136 valence electrons. The maximum Gasteiger partial charge on any atom is 0.277 e. The number of amides is 1. The Hall–Kier alpha value is -2.26. The molecule has 0 aliphatic carbocycles. The number of aromatic hydroxyl groups is 1. The van der Waals surface area contributed by atoms with Gasteiger partial charge in [-0.1, -0.05) is 22.0 Å². The molecule has 0 radical (unpaired) electrons. The van der Waals surface area contributed by atoms with Crippen molar-refractivity contribution in [2.75, 3.05) is 19.8 Å². The van der Waals surface area contributed by atoms with Crippen molar-refractivity contribution in [3.05, 3.63) is 44.8 Å². The summed E-state index contributed by atoms with van der Waals surface area (Å²) in [6.45, 7) is 0.658. The minimum atomic E-state index is -0.455. The quantitative estimate of drug-likeness (QED) is 0.501. The lowest BCUT2D eigenvalue weighted by atomic mass is 10.2. The smallest absolute Gasteiger partial charge is 0.277 e. The van der Waals surface area contributed by atoms with Gasteiger partial charge in [0.05, 0.1) is 10.7 Å². The summed E-state index contributed by atoms with van der Waals surface area (Å²) in [7, 11) is 0. The van der Waals surface area contributed by atoms with Crippen LogP contribution in [0.2, 0.25) is 0 Å². The van der Waals surface area contributed by atoms with E-state index < -0.39 is 5.91 Å². The summed E-state index contributed by atoms with van der Waals surface area (Å²) >= 11 is 6.54. The Morgan fingerprint density at radius 1 is 1.31 bits per heavy atom. The van der Waals surface area contributed by atoms with Crippen LogP contribution in [-0.2, 0) is 4.79 Å². The van der Waals surface area contributed by atoms with E-state index in [0.717, 1.165) is 4.47 Å². The molecule has 26 heavy (non-hydrogen) atoms. The molecule has 0 bridgehead atoms. The molecule has 0 atom stereocenters. The zero-order valence-corrected chi connectivity index (χ0v) is 16.5. The maximum atomic E-state index is 11.9. The van der Waals surface area contributed by atoms with Crippen LogP contribution in [0, 0.1) is 0 Å². The van der Waals surface area contributed by atoms with E-state index >= 15 is 0 Å². The maximum absolute atomic E-state index is 11.9. The number of ether oxygens (including phenoxy) is 3. The Bertz CT molecular complexity index is 857. The van der Waals surface area contributed by atoms with Gasteiger partial charge in [-0.3, -0.25) is 4.79 Å². The molecule has 1 aliphatic heterocycles. The van der Waals surface area contributed by atoms with Gasteiger partial charge in [0.25, 0.3) is 5.91 Å². The summed E-state index contributed by atoms with van der Waals surface area (Å²) in [6, 6.07) is 8.59. The van der Waals surface area contributed by atoms with Gasteiger partial charge in [0, 0.05) is 10.0 Å². The van der Waals surface area contributed by atoms with Crippen LogP contribution in [0.4, 0.5) is 0 Å². The Morgan fingerprint density at radius 3 is 2.96 bits per heavy atom. The van der Waals surface area contributed by atoms with Crippen LogP contribution in [0.25, 0.3) is 0 Å². The lowest BCUT2D eigenvalue weighted by molar-refractivity contribution is -0.123. The van der Waals surface area contributed by atoms with E-state index in [0.29, 0.717) is 40.5 Å². The number of nitrogens with one attached hydrogen (secondary N) is 1. The fraction of sp³-hybridized carbons (Fsp3) is 0.176.